The maximum Gasteiger partial charge on any atom is 0.326 e. The van der Waals surface area contributed by atoms with Gasteiger partial charge in [0.15, 0.2) is 0 Å². The molecule has 0 bridgehead atoms. The molecule has 0 fully saturated rings. The number of hydrogen-bond donors (Lipinski definition) is 2. The summed E-state index contributed by atoms with van der Waals surface area (Å²) in [7, 11) is -1.48. The molecule has 0 saturated carbocycles. The minimum Gasteiger partial charge on any atom is -0.468 e. The van der Waals surface area contributed by atoms with Gasteiger partial charge in [-0.05, 0) is 52.8 Å². The van der Waals surface area contributed by atoms with E-state index in [0.29, 0.717) is 26.0 Å². The fraction of sp³-hybridized carbons (Fsp3) is 0.310. The van der Waals surface area contributed by atoms with Gasteiger partial charge >= 0.3 is 11.9 Å². The van der Waals surface area contributed by atoms with Crippen LogP contribution in [0.1, 0.15) is 33.3 Å². The molecule has 2 heterocycles. The van der Waals surface area contributed by atoms with Gasteiger partial charge in [0.25, 0.3) is 0 Å². The van der Waals surface area contributed by atoms with Crippen molar-refractivity contribution in [3.8, 4) is 0 Å². The number of pyridine rings is 2. The molecular formula is C29H32Cl4N4O6S. The van der Waals surface area contributed by atoms with Crippen molar-refractivity contribution in [2.24, 2.45) is 5.73 Å². The Bertz CT molecular complexity index is 1790. The second-order valence-corrected chi connectivity index (χ2v) is 13.7. The number of nitrogens with one attached hydrogen (secondary N) is 1. The van der Waals surface area contributed by atoms with E-state index in [9.17, 15) is 18.0 Å². The van der Waals surface area contributed by atoms with Crippen LogP contribution in [-0.2, 0) is 29.1 Å². The van der Waals surface area contributed by atoms with Gasteiger partial charge in [-0.25, -0.2) is 18.4 Å². The van der Waals surface area contributed by atoms with Crippen LogP contribution in [0.2, 0.25) is 20.4 Å². The molecule has 238 valence electrons. The van der Waals surface area contributed by atoms with Gasteiger partial charge in [0.2, 0.25) is 10.0 Å². The van der Waals surface area contributed by atoms with Crippen LogP contribution in [0.4, 0.5) is 0 Å². The number of aryl methyl sites for hydroxylation is 1. The third-order valence-corrected chi connectivity index (χ3v) is 8.67. The van der Waals surface area contributed by atoms with E-state index in [2.05, 4.69) is 24.2 Å². The molecule has 0 amide bonds. The van der Waals surface area contributed by atoms with E-state index in [4.69, 9.17) is 52.1 Å². The van der Waals surface area contributed by atoms with Crippen LogP contribution in [0.15, 0.2) is 53.7 Å². The molecule has 0 aliphatic rings. The third kappa shape index (κ3) is 9.61. The summed E-state index contributed by atoms with van der Waals surface area (Å²) >= 11 is 23.9. The molecule has 3 N–H and O–H groups in total. The molecule has 0 aliphatic heterocycles. The Balaban J connectivity index is 0.000000268. The second kappa shape index (κ2) is 15.0. The summed E-state index contributed by atoms with van der Waals surface area (Å²) < 4.78 is 36.2. The monoisotopic (exact) mass is 704 g/mol. The number of methoxy groups -OCH3 is 2. The maximum atomic E-state index is 12.5. The Kier molecular flexibility index (Phi) is 12.8. The zero-order valence-electron chi connectivity index (χ0n) is 25.0. The minimum atomic E-state index is -3.97. The van der Waals surface area contributed by atoms with E-state index in [1.165, 1.54) is 52.5 Å². The van der Waals surface area contributed by atoms with E-state index in [0.717, 1.165) is 16.3 Å². The molecule has 2 aromatic heterocycles. The molecule has 0 atom stereocenters. The zero-order chi connectivity index (χ0) is 33.6. The Morgan fingerprint density at radius 3 is 1.66 bits per heavy atom. The Hall–Kier alpha value is -2.77. The van der Waals surface area contributed by atoms with E-state index in [1.807, 2.05) is 25.1 Å². The zero-order valence-corrected chi connectivity index (χ0v) is 28.8. The van der Waals surface area contributed by atoms with Gasteiger partial charge in [0.1, 0.15) is 21.4 Å². The smallest absolute Gasteiger partial charge is 0.326 e. The van der Waals surface area contributed by atoms with E-state index in [1.54, 1.807) is 20.0 Å². The third-order valence-electron chi connectivity index (χ3n) is 5.81. The average molecular weight is 706 g/mol. The summed E-state index contributed by atoms with van der Waals surface area (Å²) in [5.41, 5.74) is 4.20. The molecular weight excluding hydrogens is 674 g/mol. The number of rotatable bonds is 5. The maximum absolute atomic E-state index is 12.5. The van der Waals surface area contributed by atoms with Crippen LogP contribution in [0.3, 0.4) is 0 Å². The topological polar surface area (TPSA) is 151 Å². The van der Waals surface area contributed by atoms with Crippen LogP contribution in [-0.4, -0.2) is 55.6 Å². The van der Waals surface area contributed by atoms with Crippen LogP contribution < -0.4 is 10.5 Å². The van der Waals surface area contributed by atoms with Crippen molar-refractivity contribution in [2.75, 3.05) is 14.2 Å². The van der Waals surface area contributed by atoms with Crippen LogP contribution >= 0.6 is 46.4 Å². The van der Waals surface area contributed by atoms with Crippen molar-refractivity contribution in [2.45, 2.75) is 50.6 Å². The summed E-state index contributed by atoms with van der Waals surface area (Å²) in [5, 5.41) is 4.48. The number of nitrogens with zero attached hydrogens (tertiary/aromatic N) is 2. The highest BCUT2D eigenvalue weighted by Crippen LogP contribution is 2.30. The molecule has 10 nitrogen and oxygen atoms in total. The molecule has 4 aromatic rings. The lowest BCUT2D eigenvalue weighted by Crippen LogP contribution is -2.50. The summed E-state index contributed by atoms with van der Waals surface area (Å²) in [4.78, 5) is 30.0. The summed E-state index contributed by atoms with van der Waals surface area (Å²) in [6.45, 7) is 8.01. The number of hydrogen-bond acceptors (Lipinski definition) is 9. The molecule has 4 rings (SSSR count). The minimum absolute atomic E-state index is 0.0621. The lowest BCUT2D eigenvalue weighted by molar-refractivity contribution is -0.146. The van der Waals surface area contributed by atoms with Gasteiger partial charge in [-0.3, -0.25) is 9.59 Å². The van der Waals surface area contributed by atoms with Crippen molar-refractivity contribution in [3.05, 3.63) is 74.7 Å². The second-order valence-electron chi connectivity index (χ2n) is 10.5. The number of benzene rings is 2. The average Bonchev–Trinajstić information content (AvgIpc) is 2.95. The summed E-state index contributed by atoms with van der Waals surface area (Å²) in [6, 6.07) is 10.2. The van der Waals surface area contributed by atoms with Gasteiger partial charge in [-0.1, -0.05) is 70.2 Å². The van der Waals surface area contributed by atoms with Gasteiger partial charge in [0, 0.05) is 33.9 Å². The molecule has 0 unspecified atom stereocenters. The Morgan fingerprint density at radius 2 is 1.23 bits per heavy atom. The molecule has 0 aliphatic carbocycles. The lowest BCUT2D eigenvalue weighted by atomic mass is 10.1. The van der Waals surface area contributed by atoms with E-state index >= 15 is 0 Å². The molecule has 0 radical (unpaired) electrons. The Morgan fingerprint density at radius 1 is 0.773 bits per heavy atom. The predicted molar refractivity (Wildman–Crippen MR) is 175 cm³/mol. The van der Waals surface area contributed by atoms with Gasteiger partial charge in [-0.2, -0.15) is 4.72 Å². The van der Waals surface area contributed by atoms with Gasteiger partial charge in [-0.15, -0.1) is 0 Å². The number of nitrogens with two attached hydrogens (primary N) is 1. The first kappa shape index (κ1) is 37.4. The highest BCUT2D eigenvalue weighted by Gasteiger charge is 2.34. The standard InChI is InChI=1S/C14H14Cl2N2O4S.C10H7Cl2N.C5H11NO2/c1-14(2,13(19)22-3)18-23(20,21)8-4-5-9-10(6-8)12(16)17-7-11(9)15;1-6-2-3-7-8(4-6)10(12)13-5-9(7)11;1-5(2,6)4(7)8-3/h4-7,18H,1-3H3;2-5H,1H3;6H2,1-3H3. The van der Waals surface area contributed by atoms with Crippen LogP contribution in [0.25, 0.3) is 21.5 Å². The van der Waals surface area contributed by atoms with Crippen molar-refractivity contribution in [1.29, 1.82) is 0 Å². The van der Waals surface area contributed by atoms with Crippen molar-refractivity contribution >= 4 is 89.9 Å². The predicted octanol–water partition coefficient (Wildman–Crippen LogP) is 6.52. The van der Waals surface area contributed by atoms with Crippen LogP contribution in [0.5, 0.6) is 0 Å². The normalized spacial score (nSPS) is 11.6. The molecule has 44 heavy (non-hydrogen) atoms. The number of carbonyl (C=O) groups excluding carboxylic acids is 2. The number of sulfonamides is 1. The van der Waals surface area contributed by atoms with E-state index < -0.39 is 33.0 Å². The highest BCUT2D eigenvalue weighted by molar-refractivity contribution is 7.89. The quantitative estimate of drug-likeness (QED) is 0.175. The van der Waals surface area contributed by atoms with Crippen molar-refractivity contribution in [1.82, 2.24) is 14.7 Å². The molecule has 0 saturated heterocycles. The SMILES string of the molecule is COC(=O)C(C)(C)N.COC(=O)C(C)(C)NS(=O)(=O)c1ccc2c(Cl)cnc(Cl)c2c1.Cc1ccc2c(Cl)cnc(Cl)c2c1. The van der Waals surface area contributed by atoms with E-state index in [-0.39, 0.29) is 10.0 Å². The van der Waals surface area contributed by atoms with Gasteiger partial charge in [0.05, 0.1) is 29.2 Å². The first-order chi connectivity index (χ1) is 20.2. The molecule has 15 heteroatoms. The first-order valence-corrected chi connectivity index (χ1v) is 15.7. The summed E-state index contributed by atoms with van der Waals surface area (Å²) in [6.07, 6.45) is 2.96. The number of ether oxygens (including phenoxy) is 2. The van der Waals surface area contributed by atoms with Crippen molar-refractivity contribution in [3.63, 3.8) is 0 Å². The Labute approximate surface area is 276 Å². The largest absolute Gasteiger partial charge is 0.468 e. The number of aromatic nitrogens is 2. The molecule has 0 spiro atoms. The lowest BCUT2D eigenvalue weighted by Gasteiger charge is -2.23. The summed E-state index contributed by atoms with van der Waals surface area (Å²) in [5.74, 6) is -1.10. The highest BCUT2D eigenvalue weighted by atomic mass is 35.5. The fourth-order valence-electron chi connectivity index (χ4n) is 3.57. The first-order valence-electron chi connectivity index (χ1n) is 12.7. The van der Waals surface area contributed by atoms with Gasteiger partial charge < -0.3 is 15.2 Å². The molecule has 2 aromatic carbocycles. The number of halogens is 4. The number of carbonyl (C=O) groups is 2. The van der Waals surface area contributed by atoms with Crippen LogP contribution in [0, 0.1) is 6.92 Å². The number of esters is 2. The number of fused-ring (bicyclic) bond motifs is 2. The van der Waals surface area contributed by atoms with Crippen molar-refractivity contribution < 1.29 is 27.5 Å². The fourth-order valence-corrected chi connectivity index (χ4v) is 5.80.